The minimum absolute atomic E-state index is 0.0789. The van der Waals surface area contributed by atoms with Crippen LogP contribution in [0.15, 0.2) is 18.6 Å². The summed E-state index contributed by atoms with van der Waals surface area (Å²) >= 11 is 0. The van der Waals surface area contributed by atoms with E-state index in [1.807, 2.05) is 0 Å². The zero-order valence-electron chi connectivity index (χ0n) is 7.77. The van der Waals surface area contributed by atoms with Crippen molar-refractivity contribution < 1.29 is 23.1 Å². The molecular weight excluding hydrogens is 227 g/mol. The molecule has 1 N–H and O–H groups in total. The van der Waals surface area contributed by atoms with Gasteiger partial charge in [-0.25, -0.2) is 9.31 Å². The van der Waals surface area contributed by atoms with E-state index in [-0.39, 0.29) is 11.2 Å². The summed E-state index contributed by atoms with van der Waals surface area (Å²) in [5.74, 6) is -1.31. The molecule has 2 aromatic heterocycles. The molecule has 0 bridgehead atoms. The smallest absolute Gasteiger partial charge is 0.406 e. The average molecular weight is 233 g/mol. The van der Waals surface area contributed by atoms with E-state index in [2.05, 4.69) is 5.10 Å². The van der Waals surface area contributed by atoms with Crippen molar-refractivity contribution in [3.8, 4) is 0 Å². The number of carboxylic acids is 1. The van der Waals surface area contributed by atoms with Crippen LogP contribution >= 0.6 is 0 Å². The van der Waals surface area contributed by atoms with E-state index in [0.29, 0.717) is 0 Å². The Balaban J connectivity index is 2.53. The summed E-state index contributed by atoms with van der Waals surface area (Å²) in [6.45, 7) is -1.24. The van der Waals surface area contributed by atoms with Crippen LogP contribution in [0.25, 0.3) is 5.65 Å². The molecule has 0 aliphatic rings. The van der Waals surface area contributed by atoms with Gasteiger partial charge in [0.05, 0.1) is 6.20 Å². The van der Waals surface area contributed by atoms with Gasteiger partial charge >= 0.3 is 12.1 Å². The van der Waals surface area contributed by atoms with Crippen LogP contribution < -0.4 is 0 Å². The van der Waals surface area contributed by atoms with E-state index in [0.717, 1.165) is 21.5 Å². The Labute approximate surface area is 86.7 Å². The lowest BCUT2D eigenvalue weighted by Crippen LogP contribution is -2.17. The van der Waals surface area contributed by atoms with Gasteiger partial charge in [-0.3, -0.25) is 0 Å². The SMILES string of the molecule is O=C(O)c1cnn2ccn(CC(F)(F)F)c12. The Bertz CT molecular complexity index is 540. The molecule has 0 unspecified atom stereocenters. The van der Waals surface area contributed by atoms with Gasteiger partial charge in [-0.2, -0.15) is 18.3 Å². The summed E-state index contributed by atoms with van der Waals surface area (Å²) in [5.41, 5.74) is -0.334. The van der Waals surface area contributed by atoms with Crippen LogP contribution in [-0.2, 0) is 6.54 Å². The molecule has 0 aliphatic heterocycles. The number of aromatic nitrogens is 3. The molecule has 16 heavy (non-hydrogen) atoms. The monoisotopic (exact) mass is 233 g/mol. The number of imidazole rings is 1. The number of carboxylic acid groups (broad SMARTS) is 1. The first kappa shape index (κ1) is 10.5. The molecule has 0 saturated heterocycles. The second-order valence-electron chi connectivity index (χ2n) is 3.17. The summed E-state index contributed by atoms with van der Waals surface area (Å²) in [7, 11) is 0. The van der Waals surface area contributed by atoms with Crippen molar-refractivity contribution in [1.29, 1.82) is 0 Å². The van der Waals surface area contributed by atoms with Crippen LogP contribution in [0.3, 0.4) is 0 Å². The first-order valence-electron chi connectivity index (χ1n) is 4.21. The molecule has 8 heteroatoms. The van der Waals surface area contributed by atoms with Gasteiger partial charge in [-0.05, 0) is 0 Å². The average Bonchev–Trinajstić information content (AvgIpc) is 2.65. The van der Waals surface area contributed by atoms with Crippen LogP contribution in [-0.4, -0.2) is 31.4 Å². The van der Waals surface area contributed by atoms with Crippen molar-refractivity contribution in [2.45, 2.75) is 12.7 Å². The van der Waals surface area contributed by atoms with Gasteiger partial charge in [-0.1, -0.05) is 0 Å². The summed E-state index contributed by atoms with van der Waals surface area (Å²) in [4.78, 5) is 10.7. The third kappa shape index (κ3) is 1.73. The van der Waals surface area contributed by atoms with Crippen molar-refractivity contribution >= 4 is 11.6 Å². The Morgan fingerprint density at radius 1 is 1.44 bits per heavy atom. The van der Waals surface area contributed by atoms with Crippen molar-refractivity contribution in [3.63, 3.8) is 0 Å². The molecule has 86 valence electrons. The Hall–Kier alpha value is -1.99. The van der Waals surface area contributed by atoms with Gasteiger partial charge in [0, 0.05) is 12.4 Å². The van der Waals surface area contributed by atoms with Gasteiger partial charge in [0.15, 0.2) is 5.65 Å². The lowest BCUT2D eigenvalue weighted by molar-refractivity contribution is -0.139. The molecule has 2 heterocycles. The minimum Gasteiger partial charge on any atom is -0.477 e. The van der Waals surface area contributed by atoms with Crippen molar-refractivity contribution in [1.82, 2.24) is 14.2 Å². The zero-order chi connectivity index (χ0) is 11.9. The second-order valence-corrected chi connectivity index (χ2v) is 3.17. The zero-order valence-corrected chi connectivity index (χ0v) is 7.77. The first-order chi connectivity index (χ1) is 7.38. The predicted octanol–water partition coefficient (Wildman–Crippen LogP) is 1.40. The van der Waals surface area contributed by atoms with Crippen LogP contribution in [0.2, 0.25) is 0 Å². The van der Waals surface area contributed by atoms with Crippen LogP contribution in [0.4, 0.5) is 13.2 Å². The Kier molecular flexibility index (Phi) is 2.14. The maximum Gasteiger partial charge on any atom is 0.406 e. The predicted molar refractivity (Wildman–Crippen MR) is 46.2 cm³/mol. The highest BCUT2D eigenvalue weighted by Gasteiger charge is 2.29. The third-order valence-electron chi connectivity index (χ3n) is 2.01. The summed E-state index contributed by atoms with van der Waals surface area (Å²) in [5, 5.41) is 12.4. The summed E-state index contributed by atoms with van der Waals surface area (Å²) < 4.78 is 38.5. The lowest BCUT2D eigenvalue weighted by Gasteiger charge is -2.07. The van der Waals surface area contributed by atoms with E-state index >= 15 is 0 Å². The maximum atomic E-state index is 12.2. The molecular formula is C8H6F3N3O2. The fourth-order valence-corrected chi connectivity index (χ4v) is 1.44. The molecule has 0 aliphatic carbocycles. The number of alkyl halides is 3. The molecule has 0 atom stereocenters. The van der Waals surface area contributed by atoms with Gasteiger partial charge in [0.1, 0.15) is 12.1 Å². The molecule has 0 saturated carbocycles. The number of carbonyl (C=O) groups is 1. The second kappa shape index (κ2) is 3.26. The molecule has 0 radical (unpaired) electrons. The largest absolute Gasteiger partial charge is 0.477 e. The van der Waals surface area contributed by atoms with Gasteiger partial charge in [0.25, 0.3) is 0 Å². The van der Waals surface area contributed by atoms with Crippen molar-refractivity contribution in [3.05, 3.63) is 24.2 Å². The number of fused-ring (bicyclic) bond motifs is 1. The molecule has 0 amide bonds. The summed E-state index contributed by atoms with van der Waals surface area (Å²) in [6.07, 6.45) is -0.972. The summed E-state index contributed by atoms with van der Waals surface area (Å²) in [6, 6.07) is 0. The van der Waals surface area contributed by atoms with E-state index in [9.17, 15) is 18.0 Å². The number of hydrogen-bond donors (Lipinski definition) is 1. The van der Waals surface area contributed by atoms with E-state index < -0.39 is 18.7 Å². The number of hydrogen-bond acceptors (Lipinski definition) is 2. The molecule has 2 aromatic rings. The van der Waals surface area contributed by atoms with E-state index in [4.69, 9.17) is 5.11 Å². The first-order valence-corrected chi connectivity index (χ1v) is 4.21. The van der Waals surface area contributed by atoms with Gasteiger partial charge < -0.3 is 9.67 Å². The third-order valence-corrected chi connectivity index (χ3v) is 2.01. The molecule has 0 spiro atoms. The topological polar surface area (TPSA) is 59.5 Å². The fourth-order valence-electron chi connectivity index (χ4n) is 1.44. The van der Waals surface area contributed by atoms with Crippen LogP contribution in [0, 0.1) is 0 Å². The number of rotatable bonds is 2. The van der Waals surface area contributed by atoms with E-state index in [1.165, 1.54) is 6.20 Å². The highest BCUT2D eigenvalue weighted by atomic mass is 19.4. The fraction of sp³-hybridized carbons (Fsp3) is 0.250. The highest BCUT2D eigenvalue weighted by molar-refractivity contribution is 5.94. The van der Waals surface area contributed by atoms with Crippen LogP contribution in [0.1, 0.15) is 10.4 Å². The van der Waals surface area contributed by atoms with Gasteiger partial charge in [0.2, 0.25) is 0 Å². The molecule has 2 rings (SSSR count). The number of aromatic carboxylic acids is 1. The van der Waals surface area contributed by atoms with Crippen molar-refractivity contribution in [2.75, 3.05) is 0 Å². The lowest BCUT2D eigenvalue weighted by atomic mass is 10.3. The number of halogens is 3. The quantitative estimate of drug-likeness (QED) is 0.852. The molecule has 5 nitrogen and oxygen atoms in total. The Morgan fingerprint density at radius 3 is 2.69 bits per heavy atom. The van der Waals surface area contributed by atoms with E-state index in [1.54, 1.807) is 0 Å². The molecule has 0 fully saturated rings. The molecule has 0 aromatic carbocycles. The normalized spacial score (nSPS) is 12.2. The number of nitrogens with zero attached hydrogens (tertiary/aromatic N) is 3. The standard InChI is InChI=1S/C8H6F3N3O2/c9-8(10,11)4-13-1-2-14-6(13)5(3-12-14)7(15)16/h1-3H,4H2,(H,15,16). The van der Waals surface area contributed by atoms with Gasteiger partial charge in [-0.15, -0.1) is 0 Å². The highest BCUT2D eigenvalue weighted by Crippen LogP contribution is 2.20. The Morgan fingerprint density at radius 2 is 2.12 bits per heavy atom. The maximum absolute atomic E-state index is 12.2. The minimum atomic E-state index is -4.40. The van der Waals surface area contributed by atoms with Crippen LogP contribution in [0.5, 0.6) is 0 Å². The van der Waals surface area contributed by atoms with Crippen molar-refractivity contribution in [2.24, 2.45) is 0 Å².